The average Bonchev–Trinajstić information content (AvgIpc) is 2.68. The monoisotopic (exact) mass is 428 g/mol. The largest absolute Gasteiger partial charge is 0.416 e. The van der Waals surface area contributed by atoms with Crippen LogP contribution in [-0.4, -0.2) is 46.9 Å². The SMILES string of the molecule is O=C(CS(=O)Cc1cccc(C(F)(F)F)c1)N1CCN(c2ccc(F)cc2)CC1. The lowest BCUT2D eigenvalue weighted by Gasteiger charge is -2.36. The Balaban J connectivity index is 1.50. The Morgan fingerprint density at radius 1 is 1.00 bits per heavy atom. The van der Waals surface area contributed by atoms with Gasteiger partial charge in [0.05, 0.1) is 5.56 Å². The van der Waals surface area contributed by atoms with Gasteiger partial charge in [-0.25, -0.2) is 4.39 Å². The maximum Gasteiger partial charge on any atom is 0.416 e. The number of alkyl halides is 3. The number of carbonyl (C=O) groups excluding carboxylic acids is 1. The molecule has 1 unspecified atom stereocenters. The first-order valence-electron chi connectivity index (χ1n) is 9.02. The Morgan fingerprint density at radius 3 is 2.28 bits per heavy atom. The molecule has 0 aromatic heterocycles. The lowest BCUT2D eigenvalue weighted by molar-refractivity contribution is -0.137. The summed E-state index contributed by atoms with van der Waals surface area (Å²) in [5.74, 6) is -0.933. The molecule has 1 aliphatic heterocycles. The van der Waals surface area contributed by atoms with Crippen molar-refractivity contribution in [1.29, 1.82) is 0 Å². The van der Waals surface area contributed by atoms with Gasteiger partial charge in [-0.05, 0) is 35.9 Å². The zero-order valence-electron chi connectivity index (χ0n) is 15.5. The summed E-state index contributed by atoms with van der Waals surface area (Å²) in [6, 6.07) is 10.8. The molecule has 0 bridgehead atoms. The van der Waals surface area contributed by atoms with Gasteiger partial charge in [-0.2, -0.15) is 13.2 Å². The van der Waals surface area contributed by atoms with Gasteiger partial charge in [-0.15, -0.1) is 0 Å². The first kappa shape index (κ1) is 21.3. The molecule has 9 heteroatoms. The second-order valence-corrected chi connectivity index (χ2v) is 8.23. The van der Waals surface area contributed by atoms with Crippen molar-refractivity contribution in [3.05, 3.63) is 65.5 Å². The summed E-state index contributed by atoms with van der Waals surface area (Å²) in [6.07, 6.45) is -4.46. The molecule has 1 atom stereocenters. The van der Waals surface area contributed by atoms with E-state index in [0.29, 0.717) is 26.2 Å². The van der Waals surface area contributed by atoms with E-state index in [9.17, 15) is 26.6 Å². The number of rotatable bonds is 5. The molecule has 4 nitrogen and oxygen atoms in total. The second-order valence-electron chi connectivity index (χ2n) is 6.77. The van der Waals surface area contributed by atoms with Gasteiger partial charge in [0.1, 0.15) is 11.6 Å². The highest BCUT2D eigenvalue weighted by atomic mass is 32.2. The lowest BCUT2D eigenvalue weighted by Crippen LogP contribution is -2.50. The number of benzene rings is 2. The van der Waals surface area contributed by atoms with Crippen LogP contribution < -0.4 is 4.90 Å². The van der Waals surface area contributed by atoms with Crippen LogP contribution in [0.1, 0.15) is 11.1 Å². The van der Waals surface area contributed by atoms with Crippen molar-refractivity contribution in [2.24, 2.45) is 0 Å². The molecule has 1 amide bonds. The van der Waals surface area contributed by atoms with Crippen molar-refractivity contribution in [1.82, 2.24) is 4.90 Å². The number of amides is 1. The fourth-order valence-electron chi connectivity index (χ4n) is 3.17. The minimum Gasteiger partial charge on any atom is -0.368 e. The Kier molecular flexibility index (Phi) is 6.56. The molecule has 1 fully saturated rings. The predicted molar refractivity (Wildman–Crippen MR) is 103 cm³/mol. The molecule has 3 rings (SSSR count). The number of hydrogen-bond donors (Lipinski definition) is 0. The summed E-state index contributed by atoms with van der Waals surface area (Å²) in [6.45, 7) is 2.02. The van der Waals surface area contributed by atoms with Gasteiger partial charge in [0, 0.05) is 48.4 Å². The lowest BCUT2D eigenvalue weighted by atomic mass is 10.1. The van der Waals surface area contributed by atoms with E-state index >= 15 is 0 Å². The summed E-state index contributed by atoms with van der Waals surface area (Å²) in [5, 5.41) is 0. The van der Waals surface area contributed by atoms with Gasteiger partial charge in [0.15, 0.2) is 0 Å². The number of hydrogen-bond acceptors (Lipinski definition) is 3. The molecule has 2 aromatic carbocycles. The van der Waals surface area contributed by atoms with Gasteiger partial charge in [0.2, 0.25) is 5.91 Å². The van der Waals surface area contributed by atoms with Crippen LogP contribution >= 0.6 is 0 Å². The third-order valence-electron chi connectivity index (χ3n) is 4.69. The van der Waals surface area contributed by atoms with Crippen LogP contribution in [0.3, 0.4) is 0 Å². The summed E-state index contributed by atoms with van der Waals surface area (Å²) in [5.41, 5.74) is 0.356. The van der Waals surface area contributed by atoms with Crippen molar-refractivity contribution in [3.8, 4) is 0 Å². The number of anilines is 1. The zero-order valence-corrected chi connectivity index (χ0v) is 16.3. The molecule has 156 valence electrons. The Labute approximate surface area is 168 Å². The summed E-state index contributed by atoms with van der Waals surface area (Å²) in [7, 11) is -1.60. The molecule has 0 saturated carbocycles. The highest BCUT2D eigenvalue weighted by Crippen LogP contribution is 2.29. The van der Waals surface area contributed by atoms with Crippen molar-refractivity contribution in [3.63, 3.8) is 0 Å². The van der Waals surface area contributed by atoms with Gasteiger partial charge in [-0.1, -0.05) is 18.2 Å². The van der Waals surface area contributed by atoms with Crippen LogP contribution in [0.4, 0.5) is 23.2 Å². The van der Waals surface area contributed by atoms with Crippen LogP contribution in [0, 0.1) is 5.82 Å². The Hall–Kier alpha value is -2.42. The van der Waals surface area contributed by atoms with Gasteiger partial charge < -0.3 is 9.80 Å². The quantitative estimate of drug-likeness (QED) is 0.685. The number of piperazine rings is 1. The van der Waals surface area contributed by atoms with E-state index in [-0.39, 0.29) is 28.8 Å². The van der Waals surface area contributed by atoms with Crippen molar-refractivity contribution < 1.29 is 26.6 Å². The van der Waals surface area contributed by atoms with Crippen LogP contribution in [0.15, 0.2) is 48.5 Å². The summed E-state index contributed by atoms with van der Waals surface area (Å²) < 4.78 is 63.6. The van der Waals surface area contributed by atoms with E-state index in [4.69, 9.17) is 0 Å². The zero-order chi connectivity index (χ0) is 21.0. The van der Waals surface area contributed by atoms with E-state index in [2.05, 4.69) is 0 Å². The molecule has 0 aliphatic carbocycles. The van der Waals surface area contributed by atoms with E-state index in [1.165, 1.54) is 24.3 Å². The van der Waals surface area contributed by atoms with Crippen LogP contribution in [0.25, 0.3) is 0 Å². The van der Waals surface area contributed by atoms with E-state index < -0.39 is 22.5 Å². The third kappa shape index (κ3) is 5.79. The van der Waals surface area contributed by atoms with Crippen LogP contribution in [0.5, 0.6) is 0 Å². The second kappa shape index (κ2) is 8.94. The smallest absolute Gasteiger partial charge is 0.368 e. The van der Waals surface area contributed by atoms with Crippen molar-refractivity contribution in [2.75, 3.05) is 36.8 Å². The molecule has 0 radical (unpaired) electrons. The summed E-state index contributed by atoms with van der Waals surface area (Å²) in [4.78, 5) is 16.0. The molecule has 1 aliphatic rings. The number of carbonyl (C=O) groups is 1. The fraction of sp³-hybridized carbons (Fsp3) is 0.350. The van der Waals surface area contributed by atoms with Gasteiger partial charge >= 0.3 is 6.18 Å². The first-order chi connectivity index (χ1) is 13.7. The van der Waals surface area contributed by atoms with Crippen LogP contribution in [0.2, 0.25) is 0 Å². The number of nitrogens with zero attached hydrogens (tertiary/aromatic N) is 2. The highest BCUT2D eigenvalue weighted by molar-refractivity contribution is 7.84. The maximum absolute atomic E-state index is 13.0. The van der Waals surface area contributed by atoms with Gasteiger partial charge in [-0.3, -0.25) is 9.00 Å². The van der Waals surface area contributed by atoms with Crippen molar-refractivity contribution in [2.45, 2.75) is 11.9 Å². The minimum atomic E-state index is -4.46. The molecule has 0 spiro atoms. The number of halogens is 4. The minimum absolute atomic E-state index is 0.106. The topological polar surface area (TPSA) is 40.6 Å². The average molecular weight is 428 g/mol. The van der Waals surface area contributed by atoms with E-state index in [1.54, 1.807) is 17.0 Å². The highest BCUT2D eigenvalue weighted by Gasteiger charge is 2.30. The molecule has 1 saturated heterocycles. The van der Waals surface area contributed by atoms with Crippen molar-refractivity contribution >= 4 is 22.4 Å². The normalized spacial score (nSPS) is 16.0. The molecule has 0 N–H and O–H groups in total. The fourth-order valence-corrected chi connectivity index (χ4v) is 4.28. The summed E-state index contributed by atoms with van der Waals surface area (Å²) >= 11 is 0. The predicted octanol–water partition coefficient (Wildman–Crippen LogP) is 3.44. The Bertz CT molecular complexity index is 879. The van der Waals surface area contributed by atoms with Gasteiger partial charge in [0.25, 0.3) is 0 Å². The molecular formula is C20H20F4N2O2S. The molecular weight excluding hydrogens is 408 g/mol. The van der Waals surface area contributed by atoms with E-state index in [0.717, 1.165) is 17.8 Å². The Morgan fingerprint density at radius 2 is 1.66 bits per heavy atom. The first-order valence-corrected chi connectivity index (χ1v) is 10.5. The maximum atomic E-state index is 13.0. The van der Waals surface area contributed by atoms with E-state index in [1.807, 2.05) is 4.90 Å². The molecule has 1 heterocycles. The third-order valence-corrected chi connectivity index (χ3v) is 5.91. The standard InChI is InChI=1S/C20H20F4N2O2S/c21-17-4-6-18(7-5-17)25-8-10-26(11-9-25)19(27)14-29(28)13-15-2-1-3-16(12-15)20(22,23)24/h1-7,12H,8-11,13-14H2. The van der Waals surface area contributed by atoms with Crippen LogP contribution in [-0.2, 0) is 27.5 Å². The molecule has 29 heavy (non-hydrogen) atoms. The molecule has 2 aromatic rings.